The van der Waals surface area contributed by atoms with Gasteiger partial charge in [0.15, 0.2) is 0 Å². The molecule has 1 heterocycles. The minimum Gasteiger partial charge on any atom is -0.510 e. The molecule has 0 unspecified atom stereocenters. The summed E-state index contributed by atoms with van der Waals surface area (Å²) in [4.78, 5) is 11.2. The molecule has 1 amide bonds. The first-order valence-corrected chi connectivity index (χ1v) is 2.76. The number of nitrogens with zero attached hydrogens (tertiary/aromatic N) is 1. The topological polar surface area (TPSA) is 60.8 Å². The fourth-order valence-corrected chi connectivity index (χ4v) is 0.669. The van der Waals surface area contributed by atoms with Crippen LogP contribution in [0.25, 0.3) is 0 Å². The van der Waals surface area contributed by atoms with Crippen molar-refractivity contribution in [2.45, 2.75) is 0 Å². The third-order valence-corrected chi connectivity index (χ3v) is 1.13. The van der Waals surface area contributed by atoms with Crippen molar-refractivity contribution < 1.29 is 15.0 Å². The zero-order valence-corrected chi connectivity index (χ0v) is 5.19. The minimum absolute atomic E-state index is 0.0475. The van der Waals surface area contributed by atoms with Crippen LogP contribution in [0, 0.1) is 0 Å². The minimum atomic E-state index is -1.06. The first-order valence-electron chi connectivity index (χ1n) is 2.76. The van der Waals surface area contributed by atoms with Gasteiger partial charge in [0.1, 0.15) is 5.76 Å². The van der Waals surface area contributed by atoms with Gasteiger partial charge in [0.2, 0.25) is 0 Å². The van der Waals surface area contributed by atoms with Gasteiger partial charge in [-0.2, -0.15) is 0 Å². The predicted molar refractivity (Wildman–Crippen MR) is 34.6 cm³/mol. The van der Waals surface area contributed by atoms with Gasteiger partial charge >= 0.3 is 6.09 Å². The molecule has 4 nitrogen and oxygen atoms in total. The van der Waals surface area contributed by atoms with Crippen molar-refractivity contribution >= 4 is 6.09 Å². The lowest BCUT2D eigenvalue weighted by Crippen LogP contribution is -2.27. The van der Waals surface area contributed by atoms with Crippen molar-refractivity contribution in [1.82, 2.24) is 4.90 Å². The molecule has 4 heteroatoms. The van der Waals surface area contributed by atoms with Gasteiger partial charge in [-0.3, -0.25) is 4.90 Å². The molecule has 1 aliphatic rings. The largest absolute Gasteiger partial charge is 0.510 e. The molecule has 0 bridgehead atoms. The summed E-state index contributed by atoms with van der Waals surface area (Å²) in [5, 5.41) is 17.2. The normalized spacial score (nSPS) is 16.8. The Hall–Kier alpha value is -1.45. The van der Waals surface area contributed by atoms with E-state index in [0.717, 1.165) is 4.90 Å². The van der Waals surface area contributed by atoms with E-state index in [4.69, 9.17) is 10.2 Å². The number of aliphatic hydroxyl groups is 1. The van der Waals surface area contributed by atoms with Crippen molar-refractivity contribution in [2.75, 3.05) is 6.54 Å². The third kappa shape index (κ3) is 1.28. The van der Waals surface area contributed by atoms with E-state index in [1.54, 1.807) is 0 Å². The Morgan fingerprint density at radius 1 is 1.70 bits per heavy atom. The van der Waals surface area contributed by atoms with E-state index in [-0.39, 0.29) is 12.3 Å². The van der Waals surface area contributed by atoms with Crippen molar-refractivity contribution in [3.05, 3.63) is 24.1 Å². The molecule has 54 valence electrons. The van der Waals surface area contributed by atoms with Gasteiger partial charge in [-0.25, -0.2) is 4.79 Å². The highest BCUT2D eigenvalue weighted by atomic mass is 16.4. The van der Waals surface area contributed by atoms with E-state index < -0.39 is 6.09 Å². The van der Waals surface area contributed by atoms with Gasteiger partial charge in [0.05, 0.1) is 6.54 Å². The van der Waals surface area contributed by atoms with Crippen LogP contribution in [0.5, 0.6) is 0 Å². The molecule has 0 aromatic rings. The summed E-state index contributed by atoms with van der Waals surface area (Å²) in [5.41, 5.74) is 0. The molecule has 0 saturated heterocycles. The molecule has 0 radical (unpaired) electrons. The molecule has 0 aliphatic carbocycles. The Morgan fingerprint density at radius 3 is 2.80 bits per heavy atom. The maximum atomic E-state index is 10.2. The van der Waals surface area contributed by atoms with Crippen LogP contribution in [0.15, 0.2) is 24.1 Å². The summed E-state index contributed by atoms with van der Waals surface area (Å²) in [6, 6.07) is 0. The van der Waals surface area contributed by atoms with Crippen molar-refractivity contribution in [3.8, 4) is 0 Å². The molecule has 1 aliphatic heterocycles. The van der Waals surface area contributed by atoms with E-state index in [1.165, 1.54) is 18.4 Å². The first kappa shape index (κ1) is 6.67. The summed E-state index contributed by atoms with van der Waals surface area (Å²) in [6.07, 6.45) is 3.27. The van der Waals surface area contributed by atoms with Crippen molar-refractivity contribution in [3.63, 3.8) is 0 Å². The van der Waals surface area contributed by atoms with Crippen molar-refractivity contribution in [2.24, 2.45) is 0 Å². The molecule has 0 saturated carbocycles. The lowest BCUT2D eigenvalue weighted by molar-refractivity contribution is 0.160. The Bertz CT molecular complexity index is 207. The standard InChI is InChI=1S/C6H7NO3/c8-5-2-1-3-7(4-5)6(9)10/h1-3,8H,4H2,(H,9,10). The van der Waals surface area contributed by atoms with Crippen LogP contribution >= 0.6 is 0 Å². The summed E-state index contributed by atoms with van der Waals surface area (Å²) in [6.45, 7) is 0.0475. The molecular formula is C6H7NO3. The fraction of sp³-hybridized carbons (Fsp3) is 0.167. The zero-order valence-electron chi connectivity index (χ0n) is 5.19. The maximum absolute atomic E-state index is 10.2. The quantitative estimate of drug-likeness (QED) is 0.527. The SMILES string of the molecule is O=C(O)N1C=CC=C(O)C1. The number of hydrogen-bond donors (Lipinski definition) is 2. The number of carbonyl (C=O) groups is 1. The van der Waals surface area contributed by atoms with Gasteiger partial charge in [-0.05, 0) is 12.2 Å². The number of allylic oxidation sites excluding steroid dienone is 2. The summed E-state index contributed by atoms with van der Waals surface area (Å²) >= 11 is 0. The highest BCUT2D eigenvalue weighted by molar-refractivity contribution is 5.67. The zero-order chi connectivity index (χ0) is 7.56. The highest BCUT2D eigenvalue weighted by Crippen LogP contribution is 2.03. The molecule has 1 rings (SSSR count). The van der Waals surface area contributed by atoms with Gasteiger partial charge in [0, 0.05) is 6.20 Å². The lowest BCUT2D eigenvalue weighted by Gasteiger charge is -2.15. The van der Waals surface area contributed by atoms with E-state index in [0.29, 0.717) is 0 Å². The van der Waals surface area contributed by atoms with Crippen LogP contribution in [0.3, 0.4) is 0 Å². The molecule has 2 N–H and O–H groups in total. The van der Waals surface area contributed by atoms with E-state index in [9.17, 15) is 4.79 Å². The third-order valence-electron chi connectivity index (χ3n) is 1.13. The van der Waals surface area contributed by atoms with Gasteiger partial charge in [-0.15, -0.1) is 0 Å². The lowest BCUT2D eigenvalue weighted by atomic mass is 10.3. The second-order valence-corrected chi connectivity index (χ2v) is 1.91. The maximum Gasteiger partial charge on any atom is 0.411 e. The van der Waals surface area contributed by atoms with E-state index in [2.05, 4.69) is 0 Å². The number of hydrogen-bond acceptors (Lipinski definition) is 2. The number of amides is 1. The Kier molecular flexibility index (Phi) is 1.62. The van der Waals surface area contributed by atoms with Crippen LogP contribution < -0.4 is 0 Å². The molecule has 0 spiro atoms. The second kappa shape index (κ2) is 2.43. The number of aliphatic hydroxyl groups excluding tert-OH is 1. The van der Waals surface area contributed by atoms with Crippen LogP contribution in [0.4, 0.5) is 4.79 Å². The monoisotopic (exact) mass is 141 g/mol. The van der Waals surface area contributed by atoms with Crippen LogP contribution in [0.2, 0.25) is 0 Å². The summed E-state index contributed by atoms with van der Waals surface area (Å²) in [5.74, 6) is 0.0601. The van der Waals surface area contributed by atoms with E-state index in [1.807, 2.05) is 0 Å². The molecular weight excluding hydrogens is 134 g/mol. The predicted octanol–water partition coefficient (Wildman–Crippen LogP) is 0.936. The second-order valence-electron chi connectivity index (χ2n) is 1.91. The smallest absolute Gasteiger partial charge is 0.411 e. The molecule has 0 aromatic carbocycles. The van der Waals surface area contributed by atoms with Crippen LogP contribution in [-0.2, 0) is 0 Å². The molecule has 10 heavy (non-hydrogen) atoms. The summed E-state index contributed by atoms with van der Waals surface area (Å²) in [7, 11) is 0. The molecule has 0 atom stereocenters. The first-order chi connectivity index (χ1) is 4.70. The van der Waals surface area contributed by atoms with Crippen LogP contribution in [-0.4, -0.2) is 27.8 Å². The molecule has 0 aromatic heterocycles. The van der Waals surface area contributed by atoms with Crippen LogP contribution in [0.1, 0.15) is 0 Å². The Balaban J connectivity index is 2.64. The van der Waals surface area contributed by atoms with E-state index >= 15 is 0 Å². The average Bonchev–Trinajstić information content (AvgIpc) is 1.88. The van der Waals surface area contributed by atoms with Crippen molar-refractivity contribution in [1.29, 1.82) is 0 Å². The van der Waals surface area contributed by atoms with Gasteiger partial charge in [-0.1, -0.05) is 0 Å². The fourth-order valence-electron chi connectivity index (χ4n) is 0.669. The molecule has 0 fully saturated rings. The van der Waals surface area contributed by atoms with Gasteiger partial charge < -0.3 is 10.2 Å². The Morgan fingerprint density at radius 2 is 2.40 bits per heavy atom. The highest BCUT2D eigenvalue weighted by Gasteiger charge is 2.11. The summed E-state index contributed by atoms with van der Waals surface area (Å²) < 4.78 is 0. The average molecular weight is 141 g/mol. The van der Waals surface area contributed by atoms with Gasteiger partial charge in [0.25, 0.3) is 0 Å². The Labute approximate surface area is 57.7 Å². The number of carboxylic acid groups (broad SMARTS) is 1. The number of rotatable bonds is 0.